The van der Waals surface area contributed by atoms with Gasteiger partial charge >= 0.3 is 0 Å². The van der Waals surface area contributed by atoms with Crippen molar-refractivity contribution in [3.63, 3.8) is 0 Å². The van der Waals surface area contributed by atoms with Crippen LogP contribution in [0, 0.1) is 10.1 Å². The largest absolute Gasteiger partial charge is 0.378 e. The summed E-state index contributed by atoms with van der Waals surface area (Å²) in [6.45, 7) is 2.10. The van der Waals surface area contributed by atoms with Crippen molar-refractivity contribution in [1.82, 2.24) is 10.6 Å². The molecular formula is C14H20N4O6S. The molecule has 1 aliphatic rings. The maximum absolute atomic E-state index is 11.9. The number of hydrogen-bond donors (Lipinski definition) is 3. The van der Waals surface area contributed by atoms with Crippen LogP contribution in [-0.4, -0.2) is 64.4 Å². The van der Waals surface area contributed by atoms with Gasteiger partial charge in [-0.15, -0.1) is 0 Å². The summed E-state index contributed by atoms with van der Waals surface area (Å²) in [6.07, 6.45) is 0.439. The van der Waals surface area contributed by atoms with Gasteiger partial charge in [-0.1, -0.05) is 0 Å². The molecular weight excluding hydrogens is 352 g/mol. The lowest BCUT2D eigenvalue weighted by atomic mass is 10.2. The number of amides is 1. The van der Waals surface area contributed by atoms with Crippen molar-refractivity contribution in [2.75, 3.05) is 44.4 Å². The van der Waals surface area contributed by atoms with Crippen molar-refractivity contribution < 1.29 is 22.9 Å². The Hall–Kier alpha value is -2.24. The number of benzene rings is 1. The fourth-order valence-electron chi connectivity index (χ4n) is 2.27. The first-order chi connectivity index (χ1) is 11.8. The molecule has 1 atom stereocenters. The number of anilines is 1. The molecule has 25 heavy (non-hydrogen) atoms. The zero-order valence-corrected chi connectivity index (χ0v) is 14.5. The molecule has 2 rings (SSSR count). The first-order valence-corrected chi connectivity index (χ1v) is 9.50. The fourth-order valence-corrected chi connectivity index (χ4v) is 2.91. The summed E-state index contributed by atoms with van der Waals surface area (Å²) >= 11 is 0. The quantitative estimate of drug-likeness (QED) is 0.331. The van der Waals surface area contributed by atoms with E-state index in [1.165, 1.54) is 12.1 Å². The Bertz CT molecular complexity index is 746. The van der Waals surface area contributed by atoms with Gasteiger partial charge in [0.05, 0.1) is 16.4 Å². The predicted molar refractivity (Wildman–Crippen MR) is 90.3 cm³/mol. The summed E-state index contributed by atoms with van der Waals surface area (Å²) in [5, 5.41) is 19.7. The molecule has 1 saturated heterocycles. The Labute approximate surface area is 145 Å². The first kappa shape index (κ1) is 19.1. The number of carbonyl (C=O) groups is 1. The van der Waals surface area contributed by atoms with Crippen molar-refractivity contribution in [2.24, 2.45) is 0 Å². The van der Waals surface area contributed by atoms with Crippen molar-refractivity contribution in [3.8, 4) is 0 Å². The lowest BCUT2D eigenvalue weighted by Crippen LogP contribution is -2.48. The summed E-state index contributed by atoms with van der Waals surface area (Å²) in [7, 11) is -3.53. The highest BCUT2D eigenvalue weighted by molar-refractivity contribution is 7.90. The Morgan fingerprint density at radius 3 is 2.80 bits per heavy atom. The number of nitrogens with one attached hydrogen (secondary N) is 3. The molecule has 10 nitrogen and oxygen atoms in total. The Morgan fingerprint density at radius 1 is 1.44 bits per heavy atom. The van der Waals surface area contributed by atoms with Crippen LogP contribution in [0.15, 0.2) is 23.1 Å². The van der Waals surface area contributed by atoms with E-state index in [0.29, 0.717) is 19.7 Å². The standard InChI is InChI=1S/C14H20N4O6S/c1-25(22,23)10-2-3-11(12(8-10)18(20)21)16-4-5-17-14(19)13-9-15-6-7-24-13/h2-3,8,13,15-16H,4-7,9H2,1H3,(H,17,19). The van der Waals surface area contributed by atoms with Gasteiger partial charge in [0.25, 0.3) is 11.6 Å². The number of carbonyl (C=O) groups excluding carboxylic acids is 1. The van der Waals surface area contributed by atoms with E-state index in [2.05, 4.69) is 16.0 Å². The third-order valence-electron chi connectivity index (χ3n) is 3.55. The van der Waals surface area contributed by atoms with E-state index >= 15 is 0 Å². The van der Waals surface area contributed by atoms with E-state index in [-0.39, 0.29) is 35.3 Å². The predicted octanol–water partition coefficient (Wildman–Crippen LogP) is -0.485. The molecule has 1 heterocycles. The molecule has 0 bridgehead atoms. The van der Waals surface area contributed by atoms with Gasteiger partial charge in [-0.2, -0.15) is 0 Å². The number of rotatable bonds is 7. The van der Waals surface area contributed by atoms with Crippen LogP contribution < -0.4 is 16.0 Å². The van der Waals surface area contributed by atoms with Crippen LogP contribution in [-0.2, 0) is 19.4 Å². The molecule has 1 aromatic carbocycles. The lowest BCUT2D eigenvalue weighted by molar-refractivity contribution is -0.384. The number of sulfone groups is 1. The van der Waals surface area contributed by atoms with Crippen LogP contribution in [0.25, 0.3) is 0 Å². The average molecular weight is 372 g/mol. The Balaban J connectivity index is 1.91. The second-order valence-electron chi connectivity index (χ2n) is 5.49. The summed E-state index contributed by atoms with van der Waals surface area (Å²) in [5.41, 5.74) is -0.156. The third kappa shape index (κ3) is 5.37. The highest BCUT2D eigenvalue weighted by Gasteiger charge is 2.21. The van der Waals surface area contributed by atoms with Crippen LogP contribution in [0.4, 0.5) is 11.4 Å². The molecule has 0 radical (unpaired) electrons. The molecule has 1 unspecified atom stereocenters. The molecule has 1 aliphatic heterocycles. The van der Waals surface area contributed by atoms with E-state index in [1.54, 1.807) is 0 Å². The van der Waals surface area contributed by atoms with E-state index in [9.17, 15) is 23.3 Å². The molecule has 1 aromatic rings. The average Bonchev–Trinajstić information content (AvgIpc) is 2.58. The van der Waals surface area contributed by atoms with Gasteiger partial charge in [0.15, 0.2) is 9.84 Å². The van der Waals surface area contributed by atoms with Gasteiger partial charge in [-0.25, -0.2) is 8.42 Å². The molecule has 1 fully saturated rings. The van der Waals surface area contributed by atoms with E-state index in [1.807, 2.05) is 0 Å². The molecule has 11 heteroatoms. The molecule has 0 saturated carbocycles. The van der Waals surface area contributed by atoms with Gasteiger partial charge in [-0.3, -0.25) is 14.9 Å². The Kier molecular flexibility index (Phi) is 6.28. The fraction of sp³-hybridized carbons (Fsp3) is 0.500. The van der Waals surface area contributed by atoms with Crippen LogP contribution in [0.3, 0.4) is 0 Å². The number of morpholine rings is 1. The highest BCUT2D eigenvalue weighted by atomic mass is 32.2. The topological polar surface area (TPSA) is 140 Å². The highest BCUT2D eigenvalue weighted by Crippen LogP contribution is 2.27. The minimum absolute atomic E-state index is 0.125. The van der Waals surface area contributed by atoms with Crippen molar-refractivity contribution >= 4 is 27.1 Å². The zero-order valence-electron chi connectivity index (χ0n) is 13.6. The van der Waals surface area contributed by atoms with Gasteiger partial charge in [0.2, 0.25) is 0 Å². The van der Waals surface area contributed by atoms with Gasteiger partial charge in [-0.05, 0) is 12.1 Å². The maximum atomic E-state index is 11.9. The minimum atomic E-state index is -3.53. The molecule has 138 valence electrons. The summed E-state index contributed by atoms with van der Waals surface area (Å²) in [5.74, 6) is -0.254. The van der Waals surface area contributed by atoms with Crippen molar-refractivity contribution in [3.05, 3.63) is 28.3 Å². The van der Waals surface area contributed by atoms with E-state index in [0.717, 1.165) is 12.3 Å². The van der Waals surface area contributed by atoms with E-state index < -0.39 is 20.9 Å². The van der Waals surface area contributed by atoms with Crippen molar-refractivity contribution in [1.29, 1.82) is 0 Å². The second kappa shape index (κ2) is 8.23. The monoisotopic (exact) mass is 372 g/mol. The van der Waals surface area contributed by atoms with Gasteiger partial charge in [0.1, 0.15) is 11.8 Å². The van der Waals surface area contributed by atoms with E-state index in [4.69, 9.17) is 4.74 Å². The molecule has 3 N–H and O–H groups in total. The van der Waals surface area contributed by atoms with Crippen LogP contribution >= 0.6 is 0 Å². The second-order valence-corrected chi connectivity index (χ2v) is 7.51. The summed E-state index contributed by atoms with van der Waals surface area (Å²) < 4.78 is 28.3. The SMILES string of the molecule is CS(=O)(=O)c1ccc(NCCNC(=O)C2CNCCO2)c([N+](=O)[O-])c1. The first-order valence-electron chi connectivity index (χ1n) is 7.61. The smallest absolute Gasteiger partial charge is 0.293 e. The number of nitro groups is 1. The maximum Gasteiger partial charge on any atom is 0.293 e. The summed E-state index contributed by atoms with van der Waals surface area (Å²) in [6, 6.07) is 3.65. The molecule has 0 spiro atoms. The molecule has 1 amide bonds. The Morgan fingerprint density at radius 2 is 2.20 bits per heavy atom. The minimum Gasteiger partial charge on any atom is -0.378 e. The number of ether oxygens (including phenoxy) is 1. The van der Waals surface area contributed by atoms with Gasteiger partial charge in [0, 0.05) is 38.5 Å². The lowest BCUT2D eigenvalue weighted by Gasteiger charge is -2.22. The number of nitrogens with zero attached hydrogens (tertiary/aromatic N) is 1. The van der Waals surface area contributed by atoms with Crippen molar-refractivity contribution in [2.45, 2.75) is 11.0 Å². The van der Waals surface area contributed by atoms with Crippen LogP contribution in [0.2, 0.25) is 0 Å². The third-order valence-corrected chi connectivity index (χ3v) is 4.66. The van der Waals surface area contributed by atoms with Gasteiger partial charge < -0.3 is 20.7 Å². The summed E-state index contributed by atoms with van der Waals surface area (Å²) in [4.78, 5) is 22.2. The number of hydrogen-bond acceptors (Lipinski definition) is 8. The normalized spacial score (nSPS) is 17.7. The molecule has 0 aromatic heterocycles. The molecule has 0 aliphatic carbocycles. The number of nitro benzene ring substituents is 1. The zero-order chi connectivity index (χ0) is 18.4. The van der Waals surface area contributed by atoms with Crippen LogP contribution in [0.1, 0.15) is 0 Å². The van der Waals surface area contributed by atoms with Crippen LogP contribution in [0.5, 0.6) is 0 Å².